The van der Waals surface area contributed by atoms with E-state index in [-0.39, 0.29) is 0 Å². The van der Waals surface area contributed by atoms with Gasteiger partial charge in [-0.05, 0) is 29.8 Å². The summed E-state index contributed by atoms with van der Waals surface area (Å²) in [6, 6.07) is 11.6. The van der Waals surface area contributed by atoms with E-state index in [4.69, 9.17) is 5.11 Å². The highest BCUT2D eigenvalue weighted by Gasteiger charge is 2.13. The lowest BCUT2D eigenvalue weighted by molar-refractivity contribution is -0.137. The molecule has 0 aliphatic rings. The van der Waals surface area contributed by atoms with Gasteiger partial charge in [0.25, 0.3) is 0 Å². The molecule has 1 atom stereocenters. The fourth-order valence-electron chi connectivity index (χ4n) is 1.92. The number of fused-ring (bicyclic) bond motifs is 2. The van der Waals surface area contributed by atoms with Crippen LogP contribution in [-0.4, -0.2) is 22.1 Å². The number of benzene rings is 2. The maximum Gasteiger partial charge on any atom is 0.325 e. The molecule has 0 saturated heterocycles. The van der Waals surface area contributed by atoms with Crippen molar-refractivity contribution in [3.8, 4) is 0 Å². The quantitative estimate of drug-likeness (QED) is 0.767. The highest BCUT2D eigenvalue weighted by atomic mass is 32.1. The number of nitrogens with one attached hydrogen (secondary N) is 1. The Morgan fingerprint density at radius 2 is 2.00 bits per heavy atom. The number of hydrogen-bond acceptors (Lipinski definition) is 4. The van der Waals surface area contributed by atoms with E-state index in [9.17, 15) is 4.79 Å². The molecule has 19 heavy (non-hydrogen) atoms. The number of rotatable bonds is 3. The van der Waals surface area contributed by atoms with Crippen LogP contribution in [0.2, 0.25) is 0 Å². The SMILES string of the molecule is C[C@@H](Nc1nc2cc3ccccc3cc2s1)C(=O)O. The average Bonchev–Trinajstić information content (AvgIpc) is 2.76. The zero-order chi connectivity index (χ0) is 13.4. The van der Waals surface area contributed by atoms with Crippen LogP contribution in [0.4, 0.5) is 5.13 Å². The first-order valence-corrected chi connectivity index (χ1v) is 6.74. The van der Waals surface area contributed by atoms with Crippen LogP contribution in [0.1, 0.15) is 6.92 Å². The van der Waals surface area contributed by atoms with Gasteiger partial charge in [-0.15, -0.1) is 0 Å². The standard InChI is InChI=1S/C14H12N2O2S/c1-8(13(17)18)15-14-16-11-6-9-4-2-3-5-10(9)7-12(11)19-14/h2-8H,1H3,(H,15,16)(H,17,18)/t8-/m1/s1. The Hall–Kier alpha value is -2.14. The van der Waals surface area contributed by atoms with E-state index in [0.29, 0.717) is 5.13 Å². The molecule has 0 amide bonds. The summed E-state index contributed by atoms with van der Waals surface area (Å²) in [5.41, 5.74) is 0.892. The van der Waals surface area contributed by atoms with Gasteiger partial charge in [-0.1, -0.05) is 35.6 Å². The molecule has 0 unspecified atom stereocenters. The van der Waals surface area contributed by atoms with E-state index in [2.05, 4.69) is 22.4 Å². The van der Waals surface area contributed by atoms with Gasteiger partial charge in [0, 0.05) is 0 Å². The molecule has 0 spiro atoms. The number of carboxylic acid groups (broad SMARTS) is 1. The number of aromatic nitrogens is 1. The number of carboxylic acids is 1. The minimum Gasteiger partial charge on any atom is -0.480 e. The monoisotopic (exact) mass is 272 g/mol. The molecule has 96 valence electrons. The summed E-state index contributed by atoms with van der Waals surface area (Å²) in [4.78, 5) is 15.3. The summed E-state index contributed by atoms with van der Waals surface area (Å²) in [5.74, 6) is -0.885. The van der Waals surface area contributed by atoms with Crippen molar-refractivity contribution in [1.29, 1.82) is 0 Å². The second-order valence-electron chi connectivity index (χ2n) is 4.39. The highest BCUT2D eigenvalue weighted by Crippen LogP contribution is 2.30. The van der Waals surface area contributed by atoms with Crippen LogP contribution >= 0.6 is 11.3 Å². The molecule has 3 rings (SSSR count). The van der Waals surface area contributed by atoms with Crippen molar-refractivity contribution in [1.82, 2.24) is 4.98 Å². The van der Waals surface area contributed by atoms with Crippen molar-refractivity contribution in [3.63, 3.8) is 0 Å². The molecule has 3 aromatic rings. The third kappa shape index (κ3) is 2.24. The van der Waals surface area contributed by atoms with E-state index in [1.807, 2.05) is 24.3 Å². The molecule has 0 aliphatic heterocycles. The van der Waals surface area contributed by atoms with Crippen LogP contribution < -0.4 is 5.32 Å². The summed E-state index contributed by atoms with van der Waals surface area (Å²) in [6.07, 6.45) is 0. The summed E-state index contributed by atoms with van der Waals surface area (Å²) < 4.78 is 1.05. The topological polar surface area (TPSA) is 62.2 Å². The first kappa shape index (κ1) is 11.9. The summed E-state index contributed by atoms with van der Waals surface area (Å²) in [5, 5.41) is 14.7. The minimum absolute atomic E-state index is 0.639. The van der Waals surface area contributed by atoms with Gasteiger partial charge in [0.2, 0.25) is 0 Å². The van der Waals surface area contributed by atoms with E-state index < -0.39 is 12.0 Å². The van der Waals surface area contributed by atoms with Crippen molar-refractivity contribution in [2.75, 3.05) is 5.32 Å². The fourth-order valence-corrected chi connectivity index (χ4v) is 2.90. The van der Waals surface area contributed by atoms with Crippen LogP contribution in [0.25, 0.3) is 21.0 Å². The van der Waals surface area contributed by atoms with Crippen molar-refractivity contribution in [2.24, 2.45) is 0 Å². The number of thiazole rings is 1. The molecule has 0 saturated carbocycles. The van der Waals surface area contributed by atoms with Gasteiger partial charge in [0.05, 0.1) is 10.2 Å². The van der Waals surface area contributed by atoms with E-state index in [0.717, 1.165) is 21.0 Å². The smallest absolute Gasteiger partial charge is 0.325 e. The normalized spacial score (nSPS) is 12.7. The summed E-state index contributed by atoms with van der Waals surface area (Å²) >= 11 is 1.47. The molecule has 2 aromatic carbocycles. The lowest BCUT2D eigenvalue weighted by atomic mass is 10.1. The predicted molar refractivity (Wildman–Crippen MR) is 77.8 cm³/mol. The second-order valence-corrected chi connectivity index (χ2v) is 5.42. The molecule has 0 radical (unpaired) electrons. The van der Waals surface area contributed by atoms with Crippen molar-refractivity contribution < 1.29 is 9.90 Å². The van der Waals surface area contributed by atoms with Crippen molar-refractivity contribution in [2.45, 2.75) is 13.0 Å². The molecule has 5 heteroatoms. The number of anilines is 1. The third-order valence-electron chi connectivity index (χ3n) is 2.97. The van der Waals surface area contributed by atoms with E-state index in [1.165, 1.54) is 11.3 Å². The van der Waals surface area contributed by atoms with Gasteiger partial charge in [-0.3, -0.25) is 4.79 Å². The highest BCUT2D eigenvalue weighted by molar-refractivity contribution is 7.22. The molecule has 0 aliphatic carbocycles. The maximum atomic E-state index is 10.8. The van der Waals surface area contributed by atoms with Gasteiger partial charge in [-0.2, -0.15) is 0 Å². The lowest BCUT2D eigenvalue weighted by Gasteiger charge is -2.05. The molecule has 2 N–H and O–H groups in total. The minimum atomic E-state index is -0.885. The van der Waals surface area contributed by atoms with Gasteiger partial charge >= 0.3 is 5.97 Å². The molecule has 1 heterocycles. The predicted octanol–water partition coefficient (Wildman–Crippen LogP) is 3.33. The van der Waals surface area contributed by atoms with Crippen molar-refractivity contribution >= 4 is 43.4 Å². The first-order valence-electron chi connectivity index (χ1n) is 5.92. The largest absolute Gasteiger partial charge is 0.480 e. The molecular weight excluding hydrogens is 260 g/mol. The average molecular weight is 272 g/mol. The van der Waals surface area contributed by atoms with Crippen LogP contribution in [0, 0.1) is 0 Å². The zero-order valence-corrected chi connectivity index (χ0v) is 11.1. The Bertz CT molecular complexity index is 714. The Labute approximate surface area is 113 Å². The van der Waals surface area contributed by atoms with Crippen LogP contribution in [-0.2, 0) is 4.79 Å². The second kappa shape index (κ2) is 4.51. The number of hydrogen-bond donors (Lipinski definition) is 2. The van der Waals surface area contributed by atoms with Gasteiger partial charge < -0.3 is 10.4 Å². The van der Waals surface area contributed by atoms with Crippen LogP contribution in [0.15, 0.2) is 36.4 Å². The zero-order valence-electron chi connectivity index (χ0n) is 10.3. The molecule has 1 aromatic heterocycles. The van der Waals surface area contributed by atoms with Crippen molar-refractivity contribution in [3.05, 3.63) is 36.4 Å². The van der Waals surface area contributed by atoms with Crippen LogP contribution in [0.3, 0.4) is 0 Å². The van der Waals surface area contributed by atoms with E-state index in [1.54, 1.807) is 6.92 Å². The number of carbonyl (C=O) groups is 1. The lowest BCUT2D eigenvalue weighted by Crippen LogP contribution is -2.25. The Balaban J connectivity index is 2.05. The van der Waals surface area contributed by atoms with E-state index >= 15 is 0 Å². The summed E-state index contributed by atoms with van der Waals surface area (Å²) in [7, 11) is 0. The van der Waals surface area contributed by atoms with Gasteiger partial charge in [0.15, 0.2) is 5.13 Å². The maximum absolute atomic E-state index is 10.8. The Kier molecular flexibility index (Phi) is 2.83. The Morgan fingerprint density at radius 1 is 1.32 bits per heavy atom. The number of aliphatic carboxylic acids is 1. The fraction of sp³-hybridized carbons (Fsp3) is 0.143. The van der Waals surface area contributed by atoms with Gasteiger partial charge in [0.1, 0.15) is 6.04 Å². The third-order valence-corrected chi connectivity index (χ3v) is 3.92. The molecular formula is C14H12N2O2S. The molecule has 4 nitrogen and oxygen atoms in total. The van der Waals surface area contributed by atoms with Gasteiger partial charge in [-0.25, -0.2) is 4.98 Å². The number of nitrogens with zero attached hydrogens (tertiary/aromatic N) is 1. The molecule has 0 bridgehead atoms. The molecule has 0 fully saturated rings. The summed E-state index contributed by atoms with van der Waals surface area (Å²) in [6.45, 7) is 1.60. The van der Waals surface area contributed by atoms with Crippen LogP contribution in [0.5, 0.6) is 0 Å². The first-order chi connectivity index (χ1) is 9.13. The Morgan fingerprint density at radius 3 is 2.68 bits per heavy atom.